The zero-order valence-electron chi connectivity index (χ0n) is 7.12. The number of nitrogens with zero attached hydrogens (tertiary/aromatic N) is 2. The number of nitrogens with two attached hydrogens (primary N) is 1. The topological polar surface area (TPSA) is 67.6 Å². The molecule has 1 saturated carbocycles. The molecule has 1 fully saturated rings. The minimum atomic E-state index is -0.155. The number of aromatic amines is 1. The normalized spacial score (nSPS) is 19.2. The van der Waals surface area contributed by atoms with Crippen LogP contribution in [0.1, 0.15) is 18.5 Å². The van der Waals surface area contributed by atoms with E-state index >= 15 is 0 Å². The van der Waals surface area contributed by atoms with Gasteiger partial charge in [0, 0.05) is 11.6 Å². The number of fused-ring (bicyclic) bond motifs is 1. The fraction of sp³-hybridized carbons (Fsp3) is 0.333. The van der Waals surface area contributed by atoms with Gasteiger partial charge < -0.3 is 5.73 Å². The maximum absolute atomic E-state index is 6.08. The van der Waals surface area contributed by atoms with Crippen molar-refractivity contribution in [1.29, 1.82) is 0 Å². The van der Waals surface area contributed by atoms with Gasteiger partial charge in [-0.05, 0) is 25.0 Å². The van der Waals surface area contributed by atoms with Crippen LogP contribution in [0, 0.1) is 0 Å². The summed E-state index contributed by atoms with van der Waals surface area (Å²) in [5, 5.41) is 8.15. The van der Waals surface area contributed by atoms with Crippen molar-refractivity contribution in [2.45, 2.75) is 18.4 Å². The molecule has 0 spiro atoms. The predicted octanol–water partition coefficient (Wildman–Crippen LogP) is 0.906. The lowest BCUT2D eigenvalue weighted by molar-refractivity contribution is 0.708. The molecule has 2 aromatic heterocycles. The Labute approximate surface area is 75.2 Å². The number of hydrogen-bond acceptors (Lipinski definition) is 3. The molecule has 4 nitrogen and oxygen atoms in total. The molecule has 1 aliphatic rings. The molecule has 3 rings (SSSR count). The van der Waals surface area contributed by atoms with E-state index in [1.54, 1.807) is 6.20 Å². The van der Waals surface area contributed by atoms with Crippen LogP contribution in [0.5, 0.6) is 0 Å². The Morgan fingerprint density at radius 2 is 2.31 bits per heavy atom. The summed E-state index contributed by atoms with van der Waals surface area (Å²) in [5.74, 6) is 0. The second kappa shape index (κ2) is 2.09. The van der Waals surface area contributed by atoms with E-state index in [9.17, 15) is 0 Å². The van der Waals surface area contributed by atoms with Crippen LogP contribution in [-0.4, -0.2) is 15.2 Å². The maximum atomic E-state index is 6.08. The van der Waals surface area contributed by atoms with Crippen molar-refractivity contribution >= 4 is 11.0 Å². The highest BCUT2D eigenvalue weighted by Gasteiger charge is 2.42. The number of hydrogen-bond donors (Lipinski definition) is 2. The maximum Gasteiger partial charge on any atom is 0.181 e. The SMILES string of the molecule is NC1(c2[nH]nc3ncccc23)CC1. The summed E-state index contributed by atoms with van der Waals surface area (Å²) in [6.45, 7) is 0. The largest absolute Gasteiger partial charge is 0.320 e. The molecule has 0 saturated heterocycles. The first-order valence-corrected chi connectivity index (χ1v) is 4.38. The van der Waals surface area contributed by atoms with Gasteiger partial charge in [-0.15, -0.1) is 0 Å². The highest BCUT2D eigenvalue weighted by molar-refractivity contribution is 5.78. The van der Waals surface area contributed by atoms with Gasteiger partial charge in [-0.3, -0.25) is 5.10 Å². The summed E-state index contributed by atoms with van der Waals surface area (Å²) in [6.07, 6.45) is 3.82. The molecule has 3 N–H and O–H groups in total. The highest BCUT2D eigenvalue weighted by Crippen LogP contribution is 2.43. The number of aromatic nitrogens is 3. The second-order valence-corrected chi connectivity index (χ2v) is 3.63. The van der Waals surface area contributed by atoms with Crippen LogP contribution in [0.3, 0.4) is 0 Å². The van der Waals surface area contributed by atoms with Gasteiger partial charge in [0.05, 0.1) is 11.2 Å². The van der Waals surface area contributed by atoms with Crippen LogP contribution in [0.25, 0.3) is 11.0 Å². The lowest BCUT2D eigenvalue weighted by Crippen LogP contribution is -2.19. The first-order chi connectivity index (χ1) is 6.30. The molecule has 0 atom stereocenters. The molecule has 0 radical (unpaired) electrons. The van der Waals surface area contributed by atoms with E-state index in [1.807, 2.05) is 12.1 Å². The van der Waals surface area contributed by atoms with Gasteiger partial charge in [0.1, 0.15) is 0 Å². The molecule has 1 aliphatic carbocycles. The van der Waals surface area contributed by atoms with Gasteiger partial charge >= 0.3 is 0 Å². The van der Waals surface area contributed by atoms with Gasteiger partial charge in [-0.2, -0.15) is 5.10 Å². The number of rotatable bonds is 1. The Bertz CT molecular complexity index is 455. The van der Waals surface area contributed by atoms with Crippen LogP contribution in [0.2, 0.25) is 0 Å². The van der Waals surface area contributed by atoms with Gasteiger partial charge in [-0.25, -0.2) is 4.98 Å². The summed E-state index contributed by atoms with van der Waals surface area (Å²) in [4.78, 5) is 4.15. The lowest BCUT2D eigenvalue weighted by Gasteiger charge is -2.04. The van der Waals surface area contributed by atoms with Crippen LogP contribution in [0.15, 0.2) is 18.3 Å². The summed E-state index contributed by atoms with van der Waals surface area (Å²) >= 11 is 0. The van der Waals surface area contributed by atoms with Gasteiger partial charge in [-0.1, -0.05) is 0 Å². The van der Waals surface area contributed by atoms with E-state index < -0.39 is 0 Å². The van der Waals surface area contributed by atoms with Crippen LogP contribution >= 0.6 is 0 Å². The monoisotopic (exact) mass is 174 g/mol. The zero-order chi connectivity index (χ0) is 8.89. The average Bonchev–Trinajstić information content (AvgIpc) is 2.76. The molecule has 0 bridgehead atoms. The minimum Gasteiger partial charge on any atom is -0.320 e. The number of H-pyrrole nitrogens is 1. The van der Waals surface area contributed by atoms with Crippen molar-refractivity contribution in [1.82, 2.24) is 15.2 Å². The lowest BCUT2D eigenvalue weighted by atomic mass is 10.1. The third-order valence-electron chi connectivity index (χ3n) is 2.62. The van der Waals surface area contributed by atoms with Crippen molar-refractivity contribution in [2.75, 3.05) is 0 Å². The van der Waals surface area contributed by atoms with E-state index in [-0.39, 0.29) is 5.54 Å². The van der Waals surface area contributed by atoms with E-state index in [4.69, 9.17) is 5.73 Å². The van der Waals surface area contributed by atoms with Crippen molar-refractivity contribution < 1.29 is 0 Å². The number of nitrogens with one attached hydrogen (secondary N) is 1. The molecule has 2 aromatic rings. The van der Waals surface area contributed by atoms with Crippen LogP contribution in [0.4, 0.5) is 0 Å². The van der Waals surface area contributed by atoms with E-state index in [0.717, 1.165) is 29.6 Å². The third-order valence-corrected chi connectivity index (χ3v) is 2.62. The highest BCUT2D eigenvalue weighted by atomic mass is 15.2. The number of pyridine rings is 1. The Hall–Kier alpha value is -1.42. The molecule has 4 heteroatoms. The van der Waals surface area contributed by atoms with Crippen LogP contribution in [-0.2, 0) is 5.54 Å². The van der Waals surface area contributed by atoms with Crippen molar-refractivity contribution in [2.24, 2.45) is 5.73 Å². The molecule has 0 aliphatic heterocycles. The smallest absolute Gasteiger partial charge is 0.181 e. The molecule has 0 amide bonds. The zero-order valence-corrected chi connectivity index (χ0v) is 7.12. The molecular formula is C9H10N4. The summed E-state index contributed by atoms with van der Waals surface area (Å²) in [5.41, 5.74) is 7.72. The molecule has 0 aromatic carbocycles. The second-order valence-electron chi connectivity index (χ2n) is 3.63. The average molecular weight is 174 g/mol. The third kappa shape index (κ3) is 0.890. The molecule has 2 heterocycles. The Balaban J connectivity index is 2.30. The first kappa shape index (κ1) is 7.03. The van der Waals surface area contributed by atoms with Crippen molar-refractivity contribution in [3.63, 3.8) is 0 Å². The molecular weight excluding hydrogens is 164 g/mol. The Kier molecular flexibility index (Phi) is 1.13. The van der Waals surface area contributed by atoms with Crippen molar-refractivity contribution in [3.8, 4) is 0 Å². The van der Waals surface area contributed by atoms with Crippen molar-refractivity contribution in [3.05, 3.63) is 24.0 Å². The van der Waals surface area contributed by atoms with Crippen LogP contribution < -0.4 is 5.73 Å². The molecule has 0 unspecified atom stereocenters. The Morgan fingerprint density at radius 1 is 1.46 bits per heavy atom. The van der Waals surface area contributed by atoms with Gasteiger partial charge in [0.25, 0.3) is 0 Å². The van der Waals surface area contributed by atoms with Gasteiger partial charge in [0.15, 0.2) is 5.65 Å². The predicted molar refractivity (Wildman–Crippen MR) is 49.0 cm³/mol. The van der Waals surface area contributed by atoms with E-state index in [2.05, 4.69) is 15.2 Å². The summed E-state index contributed by atoms with van der Waals surface area (Å²) in [6, 6.07) is 3.92. The minimum absolute atomic E-state index is 0.155. The summed E-state index contributed by atoms with van der Waals surface area (Å²) in [7, 11) is 0. The standard InChI is InChI=1S/C9H10N4/c10-9(3-4-9)7-6-2-1-5-11-8(6)13-12-7/h1-2,5H,3-4,10H2,(H,11,12,13). The molecule has 66 valence electrons. The van der Waals surface area contributed by atoms with E-state index in [0.29, 0.717) is 0 Å². The fourth-order valence-corrected chi connectivity index (χ4v) is 1.61. The summed E-state index contributed by atoms with van der Waals surface area (Å²) < 4.78 is 0. The fourth-order valence-electron chi connectivity index (χ4n) is 1.61. The first-order valence-electron chi connectivity index (χ1n) is 4.38. The van der Waals surface area contributed by atoms with Gasteiger partial charge in [0.2, 0.25) is 0 Å². The molecule has 13 heavy (non-hydrogen) atoms. The van der Waals surface area contributed by atoms with E-state index in [1.165, 1.54) is 0 Å². The Morgan fingerprint density at radius 3 is 3.08 bits per heavy atom. The quantitative estimate of drug-likeness (QED) is 0.675.